The summed E-state index contributed by atoms with van der Waals surface area (Å²) in [6.45, 7) is 10.6. The molecule has 0 amide bonds. The quantitative estimate of drug-likeness (QED) is 0.879. The lowest BCUT2D eigenvalue weighted by atomic mass is 10.0. The molecule has 0 spiro atoms. The smallest absolute Gasteiger partial charge is 0.119 e. The molecule has 0 aromatic heterocycles. The third kappa shape index (κ3) is 4.83. The Morgan fingerprint density at radius 3 is 2.33 bits per heavy atom. The third-order valence-corrected chi connectivity index (χ3v) is 4.69. The first kappa shape index (κ1) is 17.0. The van der Waals surface area contributed by atoms with E-state index in [1.165, 1.54) is 16.7 Å². The average molecular weight is 324 g/mol. The lowest BCUT2D eigenvalue weighted by Gasteiger charge is -2.27. The normalized spacial score (nSPS) is 16.8. The molecule has 0 aliphatic carbocycles. The summed E-state index contributed by atoms with van der Waals surface area (Å²) in [7, 11) is 0. The van der Waals surface area contributed by atoms with Gasteiger partial charge in [-0.15, -0.1) is 0 Å². The van der Waals surface area contributed by atoms with Gasteiger partial charge < -0.3 is 10.1 Å². The zero-order chi connectivity index (χ0) is 16.8. The van der Waals surface area contributed by atoms with Crippen molar-refractivity contribution in [3.8, 4) is 5.75 Å². The van der Waals surface area contributed by atoms with Gasteiger partial charge >= 0.3 is 0 Å². The van der Waals surface area contributed by atoms with Crippen molar-refractivity contribution in [2.24, 2.45) is 0 Å². The fourth-order valence-electron chi connectivity index (χ4n) is 3.03. The second-order valence-corrected chi connectivity index (χ2v) is 6.79. The summed E-state index contributed by atoms with van der Waals surface area (Å²) >= 11 is 0. The number of hydrogen-bond acceptors (Lipinski definition) is 3. The first-order chi connectivity index (χ1) is 11.7. The molecule has 1 heterocycles. The van der Waals surface area contributed by atoms with Crippen LogP contribution in [0.4, 0.5) is 0 Å². The Labute approximate surface area is 145 Å². The highest BCUT2D eigenvalue weighted by molar-refractivity contribution is 5.28. The number of hydrogen-bond donors (Lipinski definition) is 1. The van der Waals surface area contributed by atoms with E-state index in [9.17, 15) is 0 Å². The molecule has 2 aromatic carbocycles. The van der Waals surface area contributed by atoms with Crippen molar-refractivity contribution in [3.05, 3.63) is 65.2 Å². The molecule has 1 saturated heterocycles. The Morgan fingerprint density at radius 2 is 1.67 bits per heavy atom. The van der Waals surface area contributed by atoms with Crippen LogP contribution in [0, 0.1) is 6.92 Å². The van der Waals surface area contributed by atoms with Crippen LogP contribution in [0.1, 0.15) is 29.5 Å². The fraction of sp³-hybridized carbons (Fsp3) is 0.429. The summed E-state index contributed by atoms with van der Waals surface area (Å²) < 4.78 is 5.91. The van der Waals surface area contributed by atoms with Crippen molar-refractivity contribution in [1.29, 1.82) is 0 Å². The van der Waals surface area contributed by atoms with Crippen LogP contribution in [0.3, 0.4) is 0 Å². The third-order valence-electron chi connectivity index (χ3n) is 4.69. The lowest BCUT2D eigenvalue weighted by molar-refractivity contribution is 0.233. The summed E-state index contributed by atoms with van der Waals surface area (Å²) in [5, 5.41) is 3.40. The van der Waals surface area contributed by atoms with Crippen LogP contribution in [0.25, 0.3) is 0 Å². The number of ether oxygens (including phenoxy) is 1. The number of nitrogens with one attached hydrogen (secondary N) is 1. The number of nitrogens with zero attached hydrogens (tertiary/aromatic N) is 1. The van der Waals surface area contributed by atoms with E-state index >= 15 is 0 Å². The van der Waals surface area contributed by atoms with Gasteiger partial charge in [0.25, 0.3) is 0 Å². The SMILES string of the molecule is Cc1ccc(OCC(C)c2ccc(CN3CCNCC3)cc2)cc1. The van der Waals surface area contributed by atoms with Crippen molar-refractivity contribution in [2.75, 3.05) is 32.8 Å². The Balaban J connectivity index is 1.51. The van der Waals surface area contributed by atoms with Crippen LogP contribution in [-0.4, -0.2) is 37.7 Å². The molecule has 0 radical (unpaired) electrons. The summed E-state index contributed by atoms with van der Waals surface area (Å²) in [6, 6.07) is 17.3. The Hall–Kier alpha value is -1.84. The van der Waals surface area contributed by atoms with Crippen molar-refractivity contribution >= 4 is 0 Å². The molecule has 1 fully saturated rings. The number of piperazine rings is 1. The summed E-state index contributed by atoms with van der Waals surface area (Å²) in [5.41, 5.74) is 3.99. The van der Waals surface area contributed by atoms with Crippen molar-refractivity contribution < 1.29 is 4.74 Å². The Morgan fingerprint density at radius 1 is 1.00 bits per heavy atom. The van der Waals surface area contributed by atoms with Crippen LogP contribution in [0.15, 0.2) is 48.5 Å². The van der Waals surface area contributed by atoms with Gasteiger partial charge in [0.15, 0.2) is 0 Å². The molecular formula is C21H28N2O. The van der Waals surface area contributed by atoms with E-state index in [2.05, 4.69) is 60.5 Å². The molecule has 128 valence electrons. The van der Waals surface area contributed by atoms with Gasteiger partial charge in [0.05, 0.1) is 6.61 Å². The topological polar surface area (TPSA) is 24.5 Å². The molecule has 24 heavy (non-hydrogen) atoms. The van der Waals surface area contributed by atoms with Crippen LogP contribution in [0.5, 0.6) is 5.75 Å². The van der Waals surface area contributed by atoms with Gasteiger partial charge in [-0.25, -0.2) is 0 Å². The van der Waals surface area contributed by atoms with E-state index in [-0.39, 0.29) is 0 Å². The maximum Gasteiger partial charge on any atom is 0.119 e. The fourth-order valence-corrected chi connectivity index (χ4v) is 3.03. The molecule has 3 rings (SSSR count). The van der Waals surface area contributed by atoms with Crippen LogP contribution >= 0.6 is 0 Å². The molecular weight excluding hydrogens is 296 g/mol. The minimum Gasteiger partial charge on any atom is -0.493 e. The van der Waals surface area contributed by atoms with Crippen LogP contribution < -0.4 is 10.1 Å². The molecule has 3 nitrogen and oxygen atoms in total. The van der Waals surface area contributed by atoms with Crippen LogP contribution in [-0.2, 0) is 6.54 Å². The van der Waals surface area contributed by atoms with Crippen LogP contribution in [0.2, 0.25) is 0 Å². The van der Waals surface area contributed by atoms with Gasteiger partial charge in [0.2, 0.25) is 0 Å². The molecule has 3 heteroatoms. The zero-order valence-corrected chi connectivity index (χ0v) is 14.8. The molecule has 1 aliphatic heterocycles. The van der Waals surface area contributed by atoms with E-state index in [4.69, 9.17) is 4.74 Å². The first-order valence-electron chi connectivity index (χ1n) is 8.92. The van der Waals surface area contributed by atoms with E-state index in [0.717, 1.165) is 38.5 Å². The Bertz CT molecular complexity index is 615. The van der Waals surface area contributed by atoms with E-state index in [1.54, 1.807) is 0 Å². The first-order valence-corrected chi connectivity index (χ1v) is 8.92. The highest BCUT2D eigenvalue weighted by atomic mass is 16.5. The maximum absolute atomic E-state index is 5.91. The molecule has 1 unspecified atom stereocenters. The summed E-state index contributed by atoms with van der Waals surface area (Å²) in [5.74, 6) is 1.34. The van der Waals surface area contributed by atoms with E-state index in [1.807, 2.05) is 12.1 Å². The number of aryl methyl sites for hydroxylation is 1. The van der Waals surface area contributed by atoms with Gasteiger partial charge in [-0.3, -0.25) is 4.90 Å². The minimum atomic E-state index is 0.388. The molecule has 0 saturated carbocycles. The highest BCUT2D eigenvalue weighted by Crippen LogP contribution is 2.19. The van der Waals surface area contributed by atoms with Gasteiger partial charge in [0, 0.05) is 38.6 Å². The van der Waals surface area contributed by atoms with Crippen molar-refractivity contribution in [1.82, 2.24) is 10.2 Å². The van der Waals surface area contributed by atoms with Crippen molar-refractivity contribution in [2.45, 2.75) is 26.3 Å². The standard InChI is InChI=1S/C21H28N2O/c1-17-3-9-21(10-4-17)24-16-18(2)20-7-5-19(6-8-20)15-23-13-11-22-12-14-23/h3-10,18,22H,11-16H2,1-2H3. The molecule has 1 N–H and O–H groups in total. The largest absolute Gasteiger partial charge is 0.493 e. The summed E-state index contributed by atoms with van der Waals surface area (Å²) in [4.78, 5) is 2.51. The second kappa shape index (κ2) is 8.32. The lowest BCUT2D eigenvalue weighted by Crippen LogP contribution is -2.42. The maximum atomic E-state index is 5.91. The average Bonchev–Trinajstić information content (AvgIpc) is 2.62. The van der Waals surface area contributed by atoms with Gasteiger partial charge in [0.1, 0.15) is 5.75 Å². The highest BCUT2D eigenvalue weighted by Gasteiger charge is 2.11. The minimum absolute atomic E-state index is 0.388. The van der Waals surface area contributed by atoms with E-state index in [0.29, 0.717) is 12.5 Å². The zero-order valence-electron chi connectivity index (χ0n) is 14.8. The van der Waals surface area contributed by atoms with Crippen molar-refractivity contribution in [3.63, 3.8) is 0 Å². The number of benzene rings is 2. The molecule has 1 aliphatic rings. The number of rotatable bonds is 6. The second-order valence-electron chi connectivity index (χ2n) is 6.79. The van der Waals surface area contributed by atoms with E-state index < -0.39 is 0 Å². The molecule has 2 aromatic rings. The van der Waals surface area contributed by atoms with Gasteiger partial charge in [-0.05, 0) is 30.2 Å². The predicted molar refractivity (Wildman–Crippen MR) is 99.7 cm³/mol. The summed E-state index contributed by atoms with van der Waals surface area (Å²) in [6.07, 6.45) is 0. The Kier molecular flexibility index (Phi) is 5.89. The predicted octanol–water partition coefficient (Wildman–Crippen LogP) is 3.58. The van der Waals surface area contributed by atoms with Gasteiger partial charge in [-0.2, -0.15) is 0 Å². The monoisotopic (exact) mass is 324 g/mol. The van der Waals surface area contributed by atoms with Gasteiger partial charge in [-0.1, -0.05) is 48.9 Å². The molecule has 0 bridgehead atoms. The molecule has 1 atom stereocenters.